The van der Waals surface area contributed by atoms with Crippen LogP contribution in [0.15, 0.2) is 47.3 Å². The van der Waals surface area contributed by atoms with E-state index in [2.05, 4.69) is 10.4 Å². The van der Waals surface area contributed by atoms with Crippen molar-refractivity contribution in [3.8, 4) is 0 Å². The average molecular weight is 404 g/mol. The van der Waals surface area contributed by atoms with Gasteiger partial charge in [-0.25, -0.2) is 4.68 Å². The monoisotopic (exact) mass is 403 g/mol. The lowest BCUT2D eigenvalue weighted by molar-refractivity contribution is 0.0945. The van der Waals surface area contributed by atoms with Crippen LogP contribution in [0.3, 0.4) is 0 Å². The van der Waals surface area contributed by atoms with Gasteiger partial charge in [0.1, 0.15) is 0 Å². The molecular weight excluding hydrogens is 385 g/mol. The first kappa shape index (κ1) is 19.4. The van der Waals surface area contributed by atoms with E-state index in [0.29, 0.717) is 27.4 Å². The Kier molecular flexibility index (Phi) is 6.14. The van der Waals surface area contributed by atoms with Gasteiger partial charge in [0, 0.05) is 28.5 Å². The number of hydrogen-bond donors (Lipinski definition) is 1. The van der Waals surface area contributed by atoms with Gasteiger partial charge in [-0.05, 0) is 30.2 Å². The molecule has 0 saturated heterocycles. The molecule has 0 aliphatic carbocycles. The van der Waals surface area contributed by atoms with E-state index in [1.807, 2.05) is 6.92 Å². The molecule has 0 saturated carbocycles. The van der Waals surface area contributed by atoms with E-state index in [9.17, 15) is 9.59 Å². The number of carbonyl (C=O) groups excluding carboxylic acids is 1. The smallest absolute Gasteiger partial charge is 0.274 e. The highest BCUT2D eigenvalue weighted by Gasteiger charge is 2.16. The molecule has 0 radical (unpaired) electrons. The third-order valence-corrected chi connectivity index (χ3v) is 4.85. The second kappa shape index (κ2) is 8.55. The predicted octanol–water partition coefficient (Wildman–Crippen LogP) is 4.43. The Morgan fingerprint density at radius 3 is 2.59 bits per heavy atom. The van der Waals surface area contributed by atoms with Crippen LogP contribution in [0.25, 0.3) is 10.8 Å². The van der Waals surface area contributed by atoms with Crippen molar-refractivity contribution in [2.75, 3.05) is 0 Å². The van der Waals surface area contributed by atoms with Crippen LogP contribution in [0.5, 0.6) is 0 Å². The minimum atomic E-state index is -0.359. The maximum Gasteiger partial charge on any atom is 0.274 e. The summed E-state index contributed by atoms with van der Waals surface area (Å²) >= 11 is 12.1. The fourth-order valence-corrected chi connectivity index (χ4v) is 3.26. The van der Waals surface area contributed by atoms with Gasteiger partial charge in [-0.15, -0.1) is 0 Å². The van der Waals surface area contributed by atoms with Gasteiger partial charge in [0.25, 0.3) is 11.5 Å². The molecule has 1 amide bonds. The third kappa shape index (κ3) is 4.31. The maximum absolute atomic E-state index is 12.8. The van der Waals surface area contributed by atoms with E-state index < -0.39 is 0 Å². The van der Waals surface area contributed by atoms with E-state index in [0.717, 1.165) is 18.4 Å². The second-order valence-electron chi connectivity index (χ2n) is 6.19. The van der Waals surface area contributed by atoms with Crippen LogP contribution < -0.4 is 10.9 Å². The molecule has 0 atom stereocenters. The molecule has 0 fully saturated rings. The summed E-state index contributed by atoms with van der Waals surface area (Å²) in [6.07, 6.45) is 1.74. The van der Waals surface area contributed by atoms with Gasteiger partial charge in [0.05, 0.1) is 5.39 Å². The summed E-state index contributed by atoms with van der Waals surface area (Å²) in [7, 11) is 0. The Bertz CT molecular complexity index is 1050. The average Bonchev–Trinajstić information content (AvgIpc) is 2.67. The van der Waals surface area contributed by atoms with Crippen molar-refractivity contribution in [3.63, 3.8) is 0 Å². The first-order valence-electron chi connectivity index (χ1n) is 8.73. The Morgan fingerprint density at radius 1 is 1.15 bits per heavy atom. The molecule has 3 aromatic rings. The zero-order valence-corrected chi connectivity index (χ0v) is 16.3. The van der Waals surface area contributed by atoms with E-state index in [-0.39, 0.29) is 23.7 Å². The molecule has 0 spiro atoms. The molecule has 0 aliphatic heterocycles. The Morgan fingerprint density at radius 2 is 1.89 bits per heavy atom. The summed E-state index contributed by atoms with van der Waals surface area (Å²) in [6, 6.07) is 12.1. The molecule has 3 rings (SSSR count). The highest BCUT2D eigenvalue weighted by atomic mass is 35.5. The van der Waals surface area contributed by atoms with E-state index >= 15 is 0 Å². The Hall–Kier alpha value is -2.37. The number of aryl methyl sites for hydroxylation is 1. The van der Waals surface area contributed by atoms with Gasteiger partial charge >= 0.3 is 0 Å². The first-order chi connectivity index (χ1) is 13.0. The lowest BCUT2D eigenvalue weighted by Crippen LogP contribution is -2.30. The van der Waals surface area contributed by atoms with E-state index in [1.165, 1.54) is 4.68 Å². The molecule has 7 heteroatoms. The van der Waals surface area contributed by atoms with Crippen LogP contribution in [-0.2, 0) is 13.1 Å². The van der Waals surface area contributed by atoms with Gasteiger partial charge in [-0.3, -0.25) is 9.59 Å². The molecule has 140 valence electrons. The minimum absolute atomic E-state index is 0.184. The van der Waals surface area contributed by atoms with Crippen molar-refractivity contribution in [3.05, 3.63) is 74.1 Å². The summed E-state index contributed by atoms with van der Waals surface area (Å²) in [5, 5.41) is 9.19. The van der Waals surface area contributed by atoms with Crippen molar-refractivity contribution in [2.45, 2.75) is 32.9 Å². The molecule has 1 N–H and O–H groups in total. The van der Waals surface area contributed by atoms with Crippen molar-refractivity contribution in [1.82, 2.24) is 15.1 Å². The summed E-state index contributed by atoms with van der Waals surface area (Å²) in [4.78, 5) is 25.4. The van der Waals surface area contributed by atoms with Crippen molar-refractivity contribution in [1.29, 1.82) is 0 Å². The van der Waals surface area contributed by atoms with Crippen LogP contribution in [0, 0.1) is 0 Å². The lowest BCUT2D eigenvalue weighted by Gasteiger charge is -2.11. The first-order valence-corrected chi connectivity index (χ1v) is 9.49. The Labute approximate surface area is 166 Å². The minimum Gasteiger partial charge on any atom is -0.346 e. The molecule has 0 bridgehead atoms. The largest absolute Gasteiger partial charge is 0.346 e. The second-order valence-corrected chi connectivity index (χ2v) is 7.04. The van der Waals surface area contributed by atoms with Gasteiger partial charge in [-0.2, -0.15) is 5.10 Å². The molecule has 27 heavy (non-hydrogen) atoms. The normalized spacial score (nSPS) is 10.9. The number of unbranched alkanes of at least 4 members (excludes halogenated alkanes) is 1. The number of amides is 1. The molecule has 1 aromatic heterocycles. The number of hydrogen-bond acceptors (Lipinski definition) is 3. The fourth-order valence-electron chi connectivity index (χ4n) is 2.79. The molecular formula is C20H19Cl2N3O2. The van der Waals surface area contributed by atoms with E-state index in [1.54, 1.807) is 42.5 Å². The third-order valence-electron chi connectivity index (χ3n) is 4.26. The quantitative estimate of drug-likeness (QED) is 0.661. The molecule has 5 nitrogen and oxygen atoms in total. The van der Waals surface area contributed by atoms with Crippen LogP contribution in [-0.4, -0.2) is 15.7 Å². The summed E-state index contributed by atoms with van der Waals surface area (Å²) < 4.78 is 1.37. The van der Waals surface area contributed by atoms with Crippen LogP contribution in [0.1, 0.15) is 35.8 Å². The predicted molar refractivity (Wildman–Crippen MR) is 109 cm³/mol. The van der Waals surface area contributed by atoms with Gasteiger partial charge in [0.15, 0.2) is 5.69 Å². The summed E-state index contributed by atoms with van der Waals surface area (Å²) in [5.41, 5.74) is 0.792. The highest BCUT2D eigenvalue weighted by Crippen LogP contribution is 2.21. The van der Waals surface area contributed by atoms with Gasteiger partial charge in [0.2, 0.25) is 0 Å². The summed E-state index contributed by atoms with van der Waals surface area (Å²) in [5.74, 6) is -0.359. The molecule has 1 heterocycles. The van der Waals surface area contributed by atoms with E-state index in [4.69, 9.17) is 23.2 Å². The van der Waals surface area contributed by atoms with Crippen LogP contribution in [0.4, 0.5) is 0 Å². The number of nitrogens with zero attached hydrogens (tertiary/aromatic N) is 2. The standard InChI is InChI=1S/C20H19Cl2N3O2/c1-2-3-10-25-20(27)16-7-5-4-6-15(16)18(24-25)19(26)23-12-13-8-9-14(21)11-17(13)22/h4-9,11H,2-3,10,12H2,1H3,(H,23,26). The molecule has 0 aliphatic rings. The number of aromatic nitrogens is 2. The number of nitrogens with one attached hydrogen (secondary N) is 1. The maximum atomic E-state index is 12.8. The lowest BCUT2D eigenvalue weighted by atomic mass is 10.1. The number of rotatable bonds is 6. The zero-order chi connectivity index (χ0) is 19.4. The van der Waals surface area contributed by atoms with Crippen molar-refractivity contribution >= 4 is 39.9 Å². The number of halogens is 2. The SMILES string of the molecule is CCCCn1nc(C(=O)NCc2ccc(Cl)cc2Cl)c2ccccc2c1=O. The van der Waals surface area contributed by atoms with Crippen LogP contribution in [0.2, 0.25) is 10.0 Å². The fraction of sp³-hybridized carbons (Fsp3) is 0.250. The molecule has 0 unspecified atom stereocenters. The number of fused-ring (bicyclic) bond motifs is 1. The van der Waals surface area contributed by atoms with Gasteiger partial charge in [-0.1, -0.05) is 60.8 Å². The van der Waals surface area contributed by atoms with Crippen molar-refractivity contribution < 1.29 is 4.79 Å². The summed E-state index contributed by atoms with van der Waals surface area (Å²) in [6.45, 7) is 2.75. The highest BCUT2D eigenvalue weighted by molar-refractivity contribution is 6.35. The zero-order valence-electron chi connectivity index (χ0n) is 14.8. The topological polar surface area (TPSA) is 64.0 Å². The Balaban J connectivity index is 1.93. The van der Waals surface area contributed by atoms with Crippen LogP contribution >= 0.6 is 23.2 Å². The number of benzene rings is 2. The van der Waals surface area contributed by atoms with Crippen molar-refractivity contribution in [2.24, 2.45) is 0 Å². The van der Waals surface area contributed by atoms with Gasteiger partial charge < -0.3 is 5.32 Å². The molecule has 2 aromatic carbocycles. The number of carbonyl (C=O) groups is 1.